The Balaban J connectivity index is 1.96. The van der Waals surface area contributed by atoms with E-state index in [1.165, 1.54) is 0 Å². The van der Waals surface area contributed by atoms with Crippen molar-refractivity contribution >= 4 is 0 Å². The predicted molar refractivity (Wildman–Crippen MR) is 57.6 cm³/mol. The summed E-state index contributed by atoms with van der Waals surface area (Å²) in [6, 6.07) is -0.0563. The van der Waals surface area contributed by atoms with Gasteiger partial charge in [0.2, 0.25) is 0 Å². The van der Waals surface area contributed by atoms with Gasteiger partial charge >= 0.3 is 6.18 Å². The molecule has 1 saturated heterocycles. The predicted octanol–water partition coefficient (Wildman–Crippen LogP) is 1.55. The Hall–Kier alpha value is -1.18. The van der Waals surface area contributed by atoms with Gasteiger partial charge < -0.3 is 0 Å². The molecule has 1 aliphatic rings. The fourth-order valence-corrected chi connectivity index (χ4v) is 2.37. The lowest BCUT2D eigenvalue weighted by Gasteiger charge is -2.35. The highest BCUT2D eigenvalue weighted by atomic mass is 19.4. The van der Waals surface area contributed by atoms with Gasteiger partial charge in [-0.3, -0.25) is 4.90 Å². The number of hydrogen-bond donors (Lipinski definition) is 0. The van der Waals surface area contributed by atoms with E-state index in [9.17, 15) is 13.2 Å². The Labute approximate surface area is 103 Å². The number of nitrogens with zero attached hydrogens (tertiary/aromatic N) is 5. The first-order valence-corrected chi connectivity index (χ1v) is 5.92. The summed E-state index contributed by atoms with van der Waals surface area (Å²) in [5.74, 6) is -0.487. The maximum absolute atomic E-state index is 12.6. The standard InChI is InChI=1S/C10H16F3N5/c1-7(9-14-15-16-17(9)2)18-5-3-8(4-6-18)10(11,12)13/h7-8H,3-6H2,1-2H3. The van der Waals surface area contributed by atoms with Gasteiger partial charge in [-0.25, -0.2) is 4.68 Å². The van der Waals surface area contributed by atoms with Gasteiger partial charge in [0, 0.05) is 7.05 Å². The largest absolute Gasteiger partial charge is 0.391 e. The highest BCUT2D eigenvalue weighted by molar-refractivity contribution is 4.92. The molecule has 0 spiro atoms. The molecule has 1 fully saturated rings. The average Bonchev–Trinajstić information content (AvgIpc) is 2.73. The smallest absolute Gasteiger partial charge is 0.294 e. The van der Waals surface area contributed by atoms with E-state index in [0.717, 1.165) is 0 Å². The van der Waals surface area contributed by atoms with Gasteiger partial charge in [-0.1, -0.05) is 0 Å². The summed E-state index contributed by atoms with van der Waals surface area (Å²) in [5.41, 5.74) is 0. The summed E-state index contributed by atoms with van der Waals surface area (Å²) in [4.78, 5) is 1.99. The molecule has 1 atom stereocenters. The van der Waals surface area contributed by atoms with Crippen LogP contribution in [0.15, 0.2) is 0 Å². The molecule has 0 aromatic carbocycles. The first-order chi connectivity index (χ1) is 8.39. The number of aryl methyl sites for hydroxylation is 1. The van der Waals surface area contributed by atoms with E-state index in [2.05, 4.69) is 15.5 Å². The number of rotatable bonds is 2. The maximum Gasteiger partial charge on any atom is 0.391 e. The number of hydrogen-bond acceptors (Lipinski definition) is 4. The zero-order valence-corrected chi connectivity index (χ0v) is 10.4. The van der Waals surface area contributed by atoms with Gasteiger partial charge in [0.05, 0.1) is 12.0 Å². The molecule has 1 aromatic heterocycles. The molecule has 5 nitrogen and oxygen atoms in total. The van der Waals surface area contributed by atoms with Gasteiger partial charge in [-0.2, -0.15) is 13.2 Å². The van der Waals surface area contributed by atoms with Crippen LogP contribution >= 0.6 is 0 Å². The van der Waals surface area contributed by atoms with Crippen LogP contribution < -0.4 is 0 Å². The number of aromatic nitrogens is 4. The fraction of sp³-hybridized carbons (Fsp3) is 0.900. The summed E-state index contributed by atoms with van der Waals surface area (Å²) < 4.78 is 39.2. The van der Waals surface area contributed by atoms with Gasteiger partial charge in [0.15, 0.2) is 5.82 Å². The third kappa shape index (κ3) is 2.63. The maximum atomic E-state index is 12.6. The molecule has 0 N–H and O–H groups in total. The quantitative estimate of drug-likeness (QED) is 0.812. The second-order valence-corrected chi connectivity index (χ2v) is 4.69. The minimum absolute atomic E-state index is 0.0563. The van der Waals surface area contributed by atoms with Gasteiger partial charge in [-0.15, -0.1) is 5.10 Å². The van der Waals surface area contributed by atoms with Crippen LogP contribution in [0.4, 0.5) is 13.2 Å². The fourth-order valence-electron chi connectivity index (χ4n) is 2.37. The number of likely N-dealkylation sites (tertiary alicyclic amines) is 1. The molecule has 0 radical (unpaired) electrons. The molecule has 0 aliphatic carbocycles. The highest BCUT2D eigenvalue weighted by Gasteiger charge is 2.41. The second-order valence-electron chi connectivity index (χ2n) is 4.69. The van der Waals surface area contributed by atoms with Crippen LogP contribution in [0.1, 0.15) is 31.6 Å². The average molecular weight is 263 g/mol. The minimum atomic E-state index is -4.07. The summed E-state index contributed by atoms with van der Waals surface area (Å²) >= 11 is 0. The molecule has 2 rings (SSSR count). The summed E-state index contributed by atoms with van der Waals surface area (Å²) in [5, 5.41) is 11.2. The van der Waals surface area contributed by atoms with Crippen molar-refractivity contribution < 1.29 is 13.2 Å². The van der Waals surface area contributed by atoms with Crippen molar-refractivity contribution in [2.45, 2.75) is 32.0 Å². The van der Waals surface area contributed by atoms with Crippen LogP contribution in [0.5, 0.6) is 0 Å². The molecule has 18 heavy (non-hydrogen) atoms. The van der Waals surface area contributed by atoms with E-state index >= 15 is 0 Å². The van der Waals surface area contributed by atoms with Crippen LogP contribution in [0.2, 0.25) is 0 Å². The zero-order valence-electron chi connectivity index (χ0n) is 10.4. The molecule has 102 valence electrons. The number of alkyl halides is 3. The van der Waals surface area contributed by atoms with Gasteiger partial charge in [0.1, 0.15) is 0 Å². The Bertz CT molecular complexity index is 394. The van der Waals surface area contributed by atoms with Crippen LogP contribution in [0.3, 0.4) is 0 Å². The van der Waals surface area contributed by atoms with E-state index in [1.54, 1.807) is 11.7 Å². The van der Waals surface area contributed by atoms with E-state index in [1.807, 2.05) is 11.8 Å². The first kappa shape index (κ1) is 13.3. The van der Waals surface area contributed by atoms with Crippen molar-refractivity contribution in [3.05, 3.63) is 5.82 Å². The Morgan fingerprint density at radius 3 is 2.33 bits per heavy atom. The molecule has 1 aromatic rings. The molecule has 0 bridgehead atoms. The minimum Gasteiger partial charge on any atom is -0.294 e. The van der Waals surface area contributed by atoms with Crippen molar-refractivity contribution in [1.29, 1.82) is 0 Å². The van der Waals surface area contributed by atoms with Crippen molar-refractivity contribution in [2.24, 2.45) is 13.0 Å². The van der Waals surface area contributed by atoms with Crippen LogP contribution in [0, 0.1) is 5.92 Å². The molecule has 2 heterocycles. The van der Waals surface area contributed by atoms with Crippen molar-refractivity contribution in [3.8, 4) is 0 Å². The van der Waals surface area contributed by atoms with Crippen molar-refractivity contribution in [2.75, 3.05) is 13.1 Å². The van der Waals surface area contributed by atoms with Gasteiger partial charge in [0.25, 0.3) is 0 Å². The van der Waals surface area contributed by atoms with E-state index < -0.39 is 12.1 Å². The van der Waals surface area contributed by atoms with Crippen LogP contribution in [-0.4, -0.2) is 44.4 Å². The molecule has 1 unspecified atom stereocenters. The van der Waals surface area contributed by atoms with E-state index in [0.29, 0.717) is 18.9 Å². The normalized spacial score (nSPS) is 21.2. The molecule has 1 aliphatic heterocycles. The van der Waals surface area contributed by atoms with Crippen molar-refractivity contribution in [1.82, 2.24) is 25.1 Å². The second kappa shape index (κ2) is 4.83. The van der Waals surface area contributed by atoms with E-state index in [-0.39, 0.29) is 18.9 Å². The van der Waals surface area contributed by atoms with Gasteiger partial charge in [-0.05, 0) is 43.3 Å². The van der Waals surface area contributed by atoms with Crippen molar-refractivity contribution in [3.63, 3.8) is 0 Å². The lowest BCUT2D eigenvalue weighted by atomic mass is 9.95. The number of piperidine rings is 1. The first-order valence-electron chi connectivity index (χ1n) is 5.92. The monoisotopic (exact) mass is 263 g/mol. The Kier molecular flexibility index (Phi) is 3.56. The number of halogens is 3. The van der Waals surface area contributed by atoms with Crippen LogP contribution in [-0.2, 0) is 7.05 Å². The molecule has 0 saturated carbocycles. The summed E-state index contributed by atoms with van der Waals surface area (Å²) in [7, 11) is 1.73. The highest BCUT2D eigenvalue weighted by Crippen LogP contribution is 2.35. The third-order valence-electron chi connectivity index (χ3n) is 3.57. The lowest BCUT2D eigenvalue weighted by molar-refractivity contribution is -0.186. The molecule has 8 heteroatoms. The Morgan fingerprint density at radius 1 is 1.28 bits per heavy atom. The topological polar surface area (TPSA) is 46.8 Å². The SMILES string of the molecule is CC(c1nnnn1C)N1CCC(C(F)(F)F)CC1. The summed E-state index contributed by atoms with van der Waals surface area (Å²) in [6.07, 6.45) is -3.76. The molecular formula is C10H16F3N5. The molecular weight excluding hydrogens is 247 g/mol. The Morgan fingerprint density at radius 2 is 1.89 bits per heavy atom. The third-order valence-corrected chi connectivity index (χ3v) is 3.57. The number of tetrazole rings is 1. The summed E-state index contributed by atoms with van der Waals surface area (Å²) in [6.45, 7) is 2.77. The lowest BCUT2D eigenvalue weighted by Crippen LogP contribution is -2.40. The van der Waals surface area contributed by atoms with E-state index in [4.69, 9.17) is 0 Å². The molecule has 0 amide bonds. The van der Waals surface area contributed by atoms with Crippen LogP contribution in [0.25, 0.3) is 0 Å². The zero-order chi connectivity index (χ0) is 13.3.